The second-order valence-electron chi connectivity index (χ2n) is 5.73. The van der Waals surface area contributed by atoms with E-state index >= 15 is 0 Å². The first-order valence-corrected chi connectivity index (χ1v) is 9.23. The molecule has 1 atom stereocenters. The molecule has 0 aromatic heterocycles. The molecule has 118 valence electrons. The summed E-state index contributed by atoms with van der Waals surface area (Å²) in [6, 6.07) is 3.09. The van der Waals surface area contributed by atoms with Crippen LogP contribution in [0, 0.1) is 12.8 Å². The molecular weight excluding hydrogens is 308 g/mol. The Kier molecular flexibility index (Phi) is 5.17. The van der Waals surface area contributed by atoms with E-state index in [1.54, 1.807) is 17.3 Å². The van der Waals surface area contributed by atoms with Gasteiger partial charge in [-0.15, -0.1) is 0 Å². The van der Waals surface area contributed by atoms with Crippen LogP contribution >= 0.6 is 11.6 Å². The topological polar surface area (TPSA) is 63.4 Å². The molecule has 1 unspecified atom stereocenters. The van der Waals surface area contributed by atoms with E-state index in [0.29, 0.717) is 35.3 Å². The van der Waals surface area contributed by atoms with Gasteiger partial charge in [0.25, 0.3) is 0 Å². The minimum absolute atomic E-state index is 0.238. The van der Waals surface area contributed by atoms with E-state index in [9.17, 15) is 8.42 Å². The average Bonchev–Trinajstić information content (AvgIpc) is 2.68. The van der Waals surface area contributed by atoms with E-state index < -0.39 is 10.0 Å². The summed E-state index contributed by atoms with van der Waals surface area (Å²) in [6.45, 7) is 5.04. The molecule has 2 N–H and O–H groups in total. The van der Waals surface area contributed by atoms with Gasteiger partial charge < -0.3 is 5.73 Å². The number of nitrogens with two attached hydrogens (primary N) is 1. The molecular formula is C15H23ClN2O2S. The van der Waals surface area contributed by atoms with Crippen LogP contribution in [0.25, 0.3) is 0 Å². The average molecular weight is 331 g/mol. The summed E-state index contributed by atoms with van der Waals surface area (Å²) in [5.41, 5.74) is 6.85. The molecule has 4 nitrogen and oxygen atoms in total. The van der Waals surface area contributed by atoms with Gasteiger partial charge in [0.2, 0.25) is 10.0 Å². The third-order valence-electron chi connectivity index (χ3n) is 4.37. The Hall–Kier alpha value is -0.780. The second-order valence-corrected chi connectivity index (χ2v) is 8.07. The molecule has 0 spiro atoms. The van der Waals surface area contributed by atoms with Crippen LogP contribution in [0.5, 0.6) is 0 Å². The zero-order valence-corrected chi connectivity index (χ0v) is 14.2. The first-order valence-electron chi connectivity index (χ1n) is 7.42. The Bertz CT molecular complexity index is 616. The van der Waals surface area contributed by atoms with Crippen LogP contribution in [-0.4, -0.2) is 25.8 Å². The van der Waals surface area contributed by atoms with Gasteiger partial charge in [-0.05, 0) is 49.8 Å². The predicted molar refractivity (Wildman–Crippen MR) is 87.0 cm³/mol. The van der Waals surface area contributed by atoms with Gasteiger partial charge in [0, 0.05) is 23.8 Å². The smallest absolute Gasteiger partial charge is 0.243 e. The van der Waals surface area contributed by atoms with Gasteiger partial charge in [-0.2, -0.15) is 4.31 Å². The number of hydrogen-bond acceptors (Lipinski definition) is 3. The second kappa shape index (κ2) is 6.55. The highest BCUT2D eigenvalue weighted by Crippen LogP contribution is 2.30. The Morgan fingerprint density at radius 2 is 2.05 bits per heavy atom. The maximum Gasteiger partial charge on any atom is 0.243 e. The predicted octanol–water partition coefficient (Wildman–Crippen LogP) is 3.43. The summed E-state index contributed by atoms with van der Waals surface area (Å²) in [4.78, 5) is 0.238. The van der Waals surface area contributed by atoms with Crippen LogP contribution < -0.4 is 5.73 Å². The van der Waals surface area contributed by atoms with E-state index in [1.807, 2.05) is 0 Å². The van der Waals surface area contributed by atoms with Crippen LogP contribution in [0.15, 0.2) is 17.0 Å². The number of nitrogen functional groups attached to an aromatic ring is 1. The largest absolute Gasteiger partial charge is 0.398 e. The first kappa shape index (κ1) is 16.6. The molecule has 1 aromatic carbocycles. The minimum Gasteiger partial charge on any atom is -0.398 e. The van der Waals surface area contributed by atoms with Crippen LogP contribution in [0.2, 0.25) is 5.02 Å². The summed E-state index contributed by atoms with van der Waals surface area (Å²) < 4.78 is 27.3. The van der Waals surface area contributed by atoms with E-state index in [1.165, 1.54) is 6.07 Å². The molecule has 0 aliphatic carbocycles. The SMILES string of the molecule is CCC1CCCN(S(=O)(=O)c2cc(Cl)cc(N)c2C)CC1. The number of anilines is 1. The highest BCUT2D eigenvalue weighted by atomic mass is 35.5. The van der Waals surface area contributed by atoms with Crippen molar-refractivity contribution in [3.8, 4) is 0 Å². The zero-order valence-electron chi connectivity index (χ0n) is 12.6. The Morgan fingerprint density at radius 3 is 2.71 bits per heavy atom. The Labute approximate surface area is 132 Å². The maximum absolute atomic E-state index is 12.9. The van der Waals surface area contributed by atoms with Gasteiger partial charge in [-0.3, -0.25) is 0 Å². The van der Waals surface area contributed by atoms with E-state index in [0.717, 1.165) is 25.7 Å². The molecule has 2 rings (SSSR count). The molecule has 1 heterocycles. The van der Waals surface area contributed by atoms with Crippen LogP contribution in [0.1, 0.15) is 38.2 Å². The molecule has 1 aliphatic heterocycles. The Morgan fingerprint density at radius 1 is 1.33 bits per heavy atom. The maximum atomic E-state index is 12.9. The minimum atomic E-state index is -3.52. The van der Waals surface area contributed by atoms with Gasteiger partial charge in [-0.25, -0.2) is 8.42 Å². The third-order valence-corrected chi connectivity index (χ3v) is 6.61. The zero-order chi connectivity index (χ0) is 15.6. The summed E-state index contributed by atoms with van der Waals surface area (Å²) >= 11 is 5.98. The van der Waals surface area contributed by atoms with E-state index in [4.69, 9.17) is 17.3 Å². The standard InChI is InChI=1S/C15H23ClN2O2S/c1-3-12-5-4-7-18(8-6-12)21(19,20)15-10-13(16)9-14(17)11(15)2/h9-10,12H,3-8,17H2,1-2H3. The lowest BCUT2D eigenvalue weighted by Gasteiger charge is -2.22. The van der Waals surface area contributed by atoms with Crippen molar-refractivity contribution in [3.63, 3.8) is 0 Å². The van der Waals surface area contributed by atoms with Crippen molar-refractivity contribution >= 4 is 27.3 Å². The highest BCUT2D eigenvalue weighted by molar-refractivity contribution is 7.89. The molecule has 0 saturated carbocycles. The third kappa shape index (κ3) is 3.52. The van der Waals surface area contributed by atoms with Crippen molar-refractivity contribution in [1.29, 1.82) is 0 Å². The van der Waals surface area contributed by atoms with Gasteiger partial charge >= 0.3 is 0 Å². The van der Waals surface area contributed by atoms with Crippen LogP contribution in [0.4, 0.5) is 5.69 Å². The van der Waals surface area contributed by atoms with Crippen molar-refractivity contribution < 1.29 is 8.42 Å². The molecule has 6 heteroatoms. The molecule has 1 fully saturated rings. The van der Waals surface area contributed by atoms with Gasteiger partial charge in [-0.1, -0.05) is 24.9 Å². The number of halogens is 1. The lowest BCUT2D eigenvalue weighted by Crippen LogP contribution is -2.32. The highest BCUT2D eigenvalue weighted by Gasteiger charge is 2.29. The number of hydrogen-bond donors (Lipinski definition) is 1. The summed E-state index contributed by atoms with van der Waals surface area (Å²) in [5.74, 6) is 0.621. The number of rotatable bonds is 3. The van der Waals surface area contributed by atoms with Gasteiger partial charge in [0.1, 0.15) is 0 Å². The molecule has 1 aliphatic rings. The quantitative estimate of drug-likeness (QED) is 0.863. The fraction of sp³-hybridized carbons (Fsp3) is 0.600. The molecule has 0 amide bonds. The number of benzene rings is 1. The molecule has 21 heavy (non-hydrogen) atoms. The lowest BCUT2D eigenvalue weighted by molar-refractivity contribution is 0.407. The van der Waals surface area contributed by atoms with Crippen molar-refractivity contribution in [2.75, 3.05) is 18.8 Å². The van der Waals surface area contributed by atoms with Gasteiger partial charge in [0.05, 0.1) is 4.90 Å². The first-order chi connectivity index (χ1) is 9.86. The van der Waals surface area contributed by atoms with Crippen LogP contribution in [0.3, 0.4) is 0 Å². The van der Waals surface area contributed by atoms with Crippen molar-refractivity contribution in [2.45, 2.75) is 44.4 Å². The van der Waals surface area contributed by atoms with Crippen molar-refractivity contribution in [1.82, 2.24) is 4.31 Å². The van der Waals surface area contributed by atoms with Crippen molar-refractivity contribution in [3.05, 3.63) is 22.7 Å². The van der Waals surface area contributed by atoms with E-state index in [2.05, 4.69) is 6.92 Å². The summed E-state index contributed by atoms with van der Waals surface area (Å²) in [5, 5.41) is 0.359. The molecule has 0 bridgehead atoms. The summed E-state index contributed by atoms with van der Waals surface area (Å²) in [6.07, 6.45) is 4.04. The fourth-order valence-electron chi connectivity index (χ4n) is 2.87. The Balaban J connectivity index is 2.34. The molecule has 1 saturated heterocycles. The normalized spacial score (nSPS) is 21.2. The summed E-state index contributed by atoms with van der Waals surface area (Å²) in [7, 11) is -3.52. The number of nitrogens with zero attached hydrogens (tertiary/aromatic N) is 1. The number of sulfonamides is 1. The van der Waals surface area contributed by atoms with Crippen LogP contribution in [-0.2, 0) is 10.0 Å². The van der Waals surface area contributed by atoms with Crippen molar-refractivity contribution in [2.24, 2.45) is 5.92 Å². The molecule has 1 aromatic rings. The molecule has 0 radical (unpaired) electrons. The monoisotopic (exact) mass is 330 g/mol. The fourth-order valence-corrected chi connectivity index (χ4v) is 4.93. The van der Waals surface area contributed by atoms with E-state index in [-0.39, 0.29) is 4.90 Å². The lowest BCUT2D eigenvalue weighted by atomic mass is 9.98. The van der Waals surface area contributed by atoms with Gasteiger partial charge in [0.15, 0.2) is 0 Å².